The highest BCUT2D eigenvalue weighted by molar-refractivity contribution is 6.14. The van der Waals surface area contributed by atoms with Crippen LogP contribution in [0.3, 0.4) is 0 Å². The van der Waals surface area contributed by atoms with Crippen molar-refractivity contribution in [2.75, 3.05) is 26.4 Å². The molecular formula is C13H18O5. The molecule has 3 N–H and O–H groups in total. The van der Waals surface area contributed by atoms with Gasteiger partial charge in [0.15, 0.2) is 0 Å². The van der Waals surface area contributed by atoms with Crippen LogP contribution in [0.15, 0.2) is 36.9 Å². The maximum absolute atomic E-state index is 10.4. The smallest absolute Gasteiger partial charge is 0.335 e. The van der Waals surface area contributed by atoms with Crippen molar-refractivity contribution in [1.29, 1.82) is 0 Å². The van der Waals surface area contributed by atoms with Gasteiger partial charge in [0, 0.05) is 0 Å². The van der Waals surface area contributed by atoms with Crippen LogP contribution in [0.5, 0.6) is 0 Å². The van der Waals surface area contributed by atoms with E-state index < -0.39 is 5.97 Å². The van der Waals surface area contributed by atoms with E-state index in [0.29, 0.717) is 18.8 Å². The summed E-state index contributed by atoms with van der Waals surface area (Å²) in [6.45, 7) is 4.12. The topological polar surface area (TPSA) is 87.0 Å². The largest absolute Gasteiger partial charge is 0.478 e. The van der Waals surface area contributed by atoms with Crippen LogP contribution >= 0.6 is 0 Å². The first-order chi connectivity index (χ1) is 8.63. The molecule has 1 aromatic rings. The van der Waals surface area contributed by atoms with E-state index in [1.54, 1.807) is 24.3 Å². The van der Waals surface area contributed by atoms with Crippen molar-refractivity contribution in [3.63, 3.8) is 0 Å². The van der Waals surface area contributed by atoms with Crippen LogP contribution < -0.4 is 0 Å². The highest BCUT2D eigenvalue weighted by Crippen LogP contribution is 2.10. The second-order valence-electron chi connectivity index (χ2n) is 3.21. The van der Waals surface area contributed by atoms with E-state index in [1.165, 1.54) is 0 Å². The van der Waals surface area contributed by atoms with Crippen LogP contribution in [0.2, 0.25) is 0 Å². The fourth-order valence-electron chi connectivity index (χ4n) is 0.994. The van der Waals surface area contributed by atoms with E-state index >= 15 is 0 Å². The Morgan fingerprint density at radius 3 is 2.00 bits per heavy atom. The number of rotatable bonds is 6. The molecule has 18 heavy (non-hydrogen) atoms. The number of benzene rings is 1. The zero-order chi connectivity index (χ0) is 13.8. The third-order valence-corrected chi connectivity index (χ3v) is 1.85. The van der Waals surface area contributed by atoms with Crippen molar-refractivity contribution in [3.8, 4) is 0 Å². The average molecular weight is 254 g/mol. The minimum atomic E-state index is -0.976. The monoisotopic (exact) mass is 254 g/mol. The minimum Gasteiger partial charge on any atom is -0.478 e. The molecule has 0 aliphatic rings. The number of hydrogen-bond acceptors (Lipinski definition) is 4. The number of carbonyl (C=O) groups is 1. The summed E-state index contributed by atoms with van der Waals surface area (Å²) >= 11 is 0. The molecule has 0 saturated carbocycles. The van der Waals surface area contributed by atoms with Crippen molar-refractivity contribution < 1.29 is 24.9 Å². The van der Waals surface area contributed by atoms with E-state index in [0.717, 1.165) is 0 Å². The number of aliphatic hydroxyl groups excluding tert-OH is 2. The molecule has 0 aromatic heterocycles. The minimum absolute atomic E-state index is 0.0278. The molecule has 0 unspecified atom stereocenters. The van der Waals surface area contributed by atoms with E-state index in [2.05, 4.69) is 11.3 Å². The third kappa shape index (κ3) is 7.56. The predicted molar refractivity (Wildman–Crippen MR) is 68.1 cm³/mol. The maximum atomic E-state index is 10.4. The number of carboxylic acids is 1. The fourth-order valence-corrected chi connectivity index (χ4v) is 0.994. The molecule has 0 bridgehead atoms. The first-order valence-corrected chi connectivity index (χ1v) is 5.40. The average Bonchev–Trinajstić information content (AvgIpc) is 2.40. The Morgan fingerprint density at radius 2 is 1.61 bits per heavy atom. The van der Waals surface area contributed by atoms with Crippen molar-refractivity contribution in [2.45, 2.75) is 0 Å². The van der Waals surface area contributed by atoms with Gasteiger partial charge in [0.25, 0.3) is 0 Å². The van der Waals surface area contributed by atoms with E-state index in [1.807, 2.05) is 6.07 Å². The Kier molecular flexibility index (Phi) is 9.48. The summed E-state index contributed by atoms with van der Waals surface area (Å²) in [5, 5.41) is 24.7. The predicted octanol–water partition coefficient (Wildman–Crippen LogP) is 0.772. The summed E-state index contributed by atoms with van der Waals surface area (Å²) in [7, 11) is 0. The Labute approximate surface area is 106 Å². The van der Waals surface area contributed by atoms with Crippen molar-refractivity contribution in [3.05, 3.63) is 42.5 Å². The molecule has 0 radical (unpaired) electrons. The molecule has 5 nitrogen and oxygen atoms in total. The van der Waals surface area contributed by atoms with Crippen molar-refractivity contribution >= 4 is 11.5 Å². The van der Waals surface area contributed by atoms with Gasteiger partial charge in [-0.3, -0.25) is 0 Å². The van der Waals surface area contributed by atoms with E-state index in [4.69, 9.17) is 15.3 Å². The Balaban J connectivity index is 0.000000360. The zero-order valence-electron chi connectivity index (χ0n) is 10.1. The normalized spacial score (nSPS) is 9.22. The lowest BCUT2D eigenvalue weighted by molar-refractivity contribution is -0.130. The molecule has 0 spiro atoms. The number of aliphatic hydroxyl groups is 2. The zero-order valence-corrected chi connectivity index (χ0v) is 10.1. The Morgan fingerprint density at radius 1 is 1.11 bits per heavy atom. The molecule has 1 aromatic carbocycles. The lowest BCUT2D eigenvalue weighted by Crippen LogP contribution is -2.03. The van der Waals surface area contributed by atoms with Crippen LogP contribution in [0.4, 0.5) is 0 Å². The number of aliphatic carboxylic acids is 1. The number of ether oxygens (including phenoxy) is 1. The number of carboxylic acid groups (broad SMARTS) is 1. The second-order valence-corrected chi connectivity index (χ2v) is 3.21. The standard InChI is InChI=1S/C9H8O2.C4H10O3/c1-7(9(10)11)8-5-3-2-4-6-8;5-1-3-7-4-2-6/h2-6H,1H2,(H,10,11);5-6H,1-4H2. The molecule has 0 heterocycles. The van der Waals surface area contributed by atoms with Crippen LogP contribution in [-0.2, 0) is 9.53 Å². The lowest BCUT2D eigenvalue weighted by Gasteiger charge is -1.97. The van der Waals surface area contributed by atoms with Gasteiger partial charge in [0.2, 0.25) is 0 Å². The van der Waals surface area contributed by atoms with Gasteiger partial charge < -0.3 is 20.1 Å². The molecular weight excluding hydrogens is 236 g/mol. The third-order valence-electron chi connectivity index (χ3n) is 1.85. The second kappa shape index (κ2) is 10.5. The molecule has 100 valence electrons. The van der Waals surface area contributed by atoms with Crippen molar-refractivity contribution in [1.82, 2.24) is 0 Å². The molecule has 5 heteroatoms. The number of hydrogen-bond donors (Lipinski definition) is 3. The summed E-state index contributed by atoms with van der Waals surface area (Å²) in [4.78, 5) is 10.4. The summed E-state index contributed by atoms with van der Waals surface area (Å²) < 4.78 is 4.63. The Hall–Kier alpha value is -1.69. The molecule has 0 saturated heterocycles. The van der Waals surface area contributed by atoms with Gasteiger partial charge in [-0.1, -0.05) is 36.9 Å². The van der Waals surface area contributed by atoms with Crippen LogP contribution in [-0.4, -0.2) is 47.7 Å². The van der Waals surface area contributed by atoms with Gasteiger partial charge in [0.1, 0.15) is 0 Å². The summed E-state index contributed by atoms with van der Waals surface area (Å²) in [5.41, 5.74) is 0.783. The van der Waals surface area contributed by atoms with Gasteiger partial charge in [-0.25, -0.2) is 4.79 Å². The quantitative estimate of drug-likeness (QED) is 0.515. The maximum Gasteiger partial charge on any atom is 0.335 e. The fraction of sp³-hybridized carbons (Fsp3) is 0.308. The van der Waals surface area contributed by atoms with Gasteiger partial charge in [-0.2, -0.15) is 0 Å². The molecule has 0 atom stereocenters. The van der Waals surface area contributed by atoms with Crippen LogP contribution in [0.25, 0.3) is 5.57 Å². The molecule has 0 aliphatic heterocycles. The molecule has 0 amide bonds. The first kappa shape index (κ1) is 16.3. The molecule has 0 fully saturated rings. The molecule has 0 aliphatic carbocycles. The van der Waals surface area contributed by atoms with E-state index in [-0.39, 0.29) is 18.8 Å². The van der Waals surface area contributed by atoms with Gasteiger partial charge in [-0.05, 0) is 5.56 Å². The highest BCUT2D eigenvalue weighted by atomic mass is 16.5. The van der Waals surface area contributed by atoms with Crippen LogP contribution in [0.1, 0.15) is 5.56 Å². The van der Waals surface area contributed by atoms with E-state index in [9.17, 15) is 4.79 Å². The summed E-state index contributed by atoms with van der Waals surface area (Å²) in [6.07, 6.45) is 0. The SMILES string of the molecule is C=C(C(=O)O)c1ccccc1.OCCOCCO. The van der Waals surface area contributed by atoms with Crippen molar-refractivity contribution in [2.24, 2.45) is 0 Å². The molecule has 1 rings (SSSR count). The first-order valence-electron chi connectivity index (χ1n) is 5.40. The van der Waals surface area contributed by atoms with Gasteiger partial charge in [-0.15, -0.1) is 0 Å². The lowest BCUT2D eigenvalue weighted by atomic mass is 10.1. The summed E-state index contributed by atoms with van der Waals surface area (Å²) in [6, 6.07) is 8.83. The van der Waals surface area contributed by atoms with Crippen LogP contribution in [0, 0.1) is 0 Å². The Bertz CT molecular complexity index is 344. The summed E-state index contributed by atoms with van der Waals surface area (Å²) in [5.74, 6) is -0.976. The van der Waals surface area contributed by atoms with Gasteiger partial charge in [0.05, 0.1) is 32.0 Å². The van der Waals surface area contributed by atoms with Gasteiger partial charge >= 0.3 is 5.97 Å². The highest BCUT2D eigenvalue weighted by Gasteiger charge is 2.04.